The zero-order valence-electron chi connectivity index (χ0n) is 6.34. The number of nitrogens with one attached hydrogen (secondary N) is 2. The lowest BCUT2D eigenvalue weighted by atomic mass is 10.3. The fraction of sp³-hybridized carbons (Fsp3) is 0.429. The van der Waals surface area contributed by atoms with Gasteiger partial charge in [0.2, 0.25) is 0 Å². The molecule has 1 atom stereocenters. The molecule has 0 saturated carbocycles. The number of hydrazine groups is 1. The van der Waals surface area contributed by atoms with Gasteiger partial charge in [-0.15, -0.1) is 0 Å². The number of ether oxygens (including phenoxy) is 1. The molecule has 0 aliphatic carbocycles. The molecule has 5 N–H and O–H groups in total. The summed E-state index contributed by atoms with van der Waals surface area (Å²) in [6, 6.07) is 0. The van der Waals surface area contributed by atoms with E-state index in [-0.39, 0.29) is 12.3 Å². The van der Waals surface area contributed by atoms with Crippen molar-refractivity contribution in [3.8, 4) is 0 Å². The van der Waals surface area contributed by atoms with Gasteiger partial charge in [-0.2, -0.15) is 0 Å². The average molecular weight is 155 g/mol. The summed E-state index contributed by atoms with van der Waals surface area (Å²) in [6.45, 7) is 1.58. The Kier molecular flexibility index (Phi) is 2.64. The normalized spacial score (nSPS) is 27.6. The molecular weight excluding hydrogens is 142 g/mol. The SMILES string of the molecule is C1=CCOC2CNNC2=C1.N. The molecule has 2 rings (SSSR count). The standard InChI is InChI=1S/C7H10N2O.H3N/c1-2-4-10-7-5-8-9-6(7)3-1;/h1-3,7-9H,4-5H2;1H3. The topological polar surface area (TPSA) is 68.3 Å². The van der Waals surface area contributed by atoms with Crippen LogP contribution in [0, 0.1) is 0 Å². The van der Waals surface area contributed by atoms with E-state index in [2.05, 4.69) is 10.9 Å². The largest absolute Gasteiger partial charge is 0.366 e. The van der Waals surface area contributed by atoms with Crippen LogP contribution in [0.4, 0.5) is 0 Å². The van der Waals surface area contributed by atoms with Gasteiger partial charge in [0.1, 0.15) is 6.10 Å². The number of fused-ring (bicyclic) bond motifs is 1. The number of hydrogen-bond donors (Lipinski definition) is 3. The summed E-state index contributed by atoms with van der Waals surface area (Å²) in [4.78, 5) is 0. The molecule has 0 amide bonds. The highest BCUT2D eigenvalue weighted by Gasteiger charge is 2.20. The van der Waals surface area contributed by atoms with E-state index >= 15 is 0 Å². The van der Waals surface area contributed by atoms with E-state index in [1.807, 2.05) is 18.2 Å². The molecule has 0 aromatic heterocycles. The summed E-state index contributed by atoms with van der Waals surface area (Å²) in [6.07, 6.45) is 6.29. The van der Waals surface area contributed by atoms with Crippen LogP contribution >= 0.6 is 0 Å². The zero-order chi connectivity index (χ0) is 6.81. The van der Waals surface area contributed by atoms with E-state index in [9.17, 15) is 0 Å². The second-order valence-corrected chi connectivity index (χ2v) is 2.38. The molecule has 2 aliphatic rings. The van der Waals surface area contributed by atoms with Crippen molar-refractivity contribution in [1.29, 1.82) is 0 Å². The van der Waals surface area contributed by atoms with Crippen LogP contribution in [-0.2, 0) is 4.74 Å². The Balaban J connectivity index is 0.000000605. The van der Waals surface area contributed by atoms with Gasteiger partial charge in [0.25, 0.3) is 0 Å². The first-order chi connectivity index (χ1) is 4.97. The van der Waals surface area contributed by atoms with Gasteiger partial charge in [0, 0.05) is 6.54 Å². The van der Waals surface area contributed by atoms with Crippen molar-refractivity contribution >= 4 is 0 Å². The van der Waals surface area contributed by atoms with Crippen molar-refractivity contribution in [2.24, 2.45) is 0 Å². The maximum Gasteiger partial charge on any atom is 0.113 e. The van der Waals surface area contributed by atoms with Crippen molar-refractivity contribution in [2.45, 2.75) is 6.10 Å². The van der Waals surface area contributed by atoms with Crippen LogP contribution in [-0.4, -0.2) is 19.3 Å². The molecule has 1 fully saturated rings. The van der Waals surface area contributed by atoms with Crippen LogP contribution in [0.15, 0.2) is 23.9 Å². The van der Waals surface area contributed by atoms with E-state index in [0.717, 1.165) is 12.2 Å². The Morgan fingerprint density at radius 3 is 3.36 bits per heavy atom. The van der Waals surface area contributed by atoms with Gasteiger partial charge in [-0.1, -0.05) is 12.2 Å². The molecule has 0 bridgehead atoms. The van der Waals surface area contributed by atoms with Gasteiger partial charge in [-0.25, -0.2) is 5.43 Å². The highest BCUT2D eigenvalue weighted by Crippen LogP contribution is 2.09. The molecular formula is C7H13N3O. The highest BCUT2D eigenvalue weighted by atomic mass is 16.5. The number of rotatable bonds is 0. The van der Waals surface area contributed by atoms with Crippen LogP contribution in [0.1, 0.15) is 0 Å². The van der Waals surface area contributed by atoms with E-state index in [1.54, 1.807) is 0 Å². The fourth-order valence-corrected chi connectivity index (χ4v) is 1.13. The molecule has 1 saturated heterocycles. The third kappa shape index (κ3) is 1.59. The minimum Gasteiger partial charge on any atom is -0.366 e. The van der Waals surface area contributed by atoms with Crippen LogP contribution in [0.25, 0.3) is 0 Å². The second-order valence-electron chi connectivity index (χ2n) is 2.38. The third-order valence-corrected chi connectivity index (χ3v) is 1.67. The van der Waals surface area contributed by atoms with E-state index in [1.165, 1.54) is 0 Å². The summed E-state index contributed by atoms with van der Waals surface area (Å²) in [7, 11) is 0. The molecule has 0 radical (unpaired) electrons. The monoisotopic (exact) mass is 155 g/mol. The molecule has 2 heterocycles. The van der Waals surface area contributed by atoms with E-state index in [0.29, 0.717) is 6.61 Å². The Labute approximate surface area is 65.9 Å². The van der Waals surface area contributed by atoms with Crippen molar-refractivity contribution in [2.75, 3.05) is 13.2 Å². The van der Waals surface area contributed by atoms with Crippen LogP contribution < -0.4 is 17.0 Å². The maximum absolute atomic E-state index is 5.45. The zero-order valence-corrected chi connectivity index (χ0v) is 6.34. The number of allylic oxidation sites excluding steroid dienone is 2. The first kappa shape index (κ1) is 8.26. The van der Waals surface area contributed by atoms with Crippen molar-refractivity contribution in [1.82, 2.24) is 17.0 Å². The minimum atomic E-state index is 0. The smallest absolute Gasteiger partial charge is 0.113 e. The van der Waals surface area contributed by atoms with Gasteiger partial charge in [0.05, 0.1) is 12.3 Å². The Bertz CT molecular complexity index is 188. The minimum absolute atomic E-state index is 0. The molecule has 4 heteroatoms. The molecule has 1 unspecified atom stereocenters. The molecule has 2 aliphatic heterocycles. The molecule has 0 aromatic rings. The lowest BCUT2D eigenvalue weighted by Crippen LogP contribution is -2.20. The van der Waals surface area contributed by atoms with Gasteiger partial charge in [-0.3, -0.25) is 0 Å². The summed E-state index contributed by atoms with van der Waals surface area (Å²) >= 11 is 0. The van der Waals surface area contributed by atoms with Crippen molar-refractivity contribution in [3.63, 3.8) is 0 Å². The van der Waals surface area contributed by atoms with E-state index < -0.39 is 0 Å². The van der Waals surface area contributed by atoms with Crippen molar-refractivity contribution in [3.05, 3.63) is 23.9 Å². The van der Waals surface area contributed by atoms with Crippen LogP contribution in [0.5, 0.6) is 0 Å². The van der Waals surface area contributed by atoms with Gasteiger partial charge < -0.3 is 16.3 Å². The summed E-state index contributed by atoms with van der Waals surface area (Å²) < 4.78 is 5.45. The molecule has 11 heavy (non-hydrogen) atoms. The first-order valence-corrected chi connectivity index (χ1v) is 3.44. The van der Waals surface area contributed by atoms with Crippen molar-refractivity contribution < 1.29 is 4.74 Å². The maximum atomic E-state index is 5.45. The van der Waals surface area contributed by atoms with Gasteiger partial charge in [0.15, 0.2) is 0 Å². The van der Waals surface area contributed by atoms with E-state index in [4.69, 9.17) is 4.74 Å². The lowest BCUT2D eigenvalue weighted by Gasteiger charge is -2.06. The Morgan fingerprint density at radius 1 is 1.55 bits per heavy atom. The molecule has 0 aromatic carbocycles. The lowest BCUT2D eigenvalue weighted by molar-refractivity contribution is 0.115. The average Bonchev–Trinajstić information content (AvgIpc) is 2.28. The van der Waals surface area contributed by atoms with Gasteiger partial charge >= 0.3 is 0 Å². The Hall–Kier alpha value is -0.840. The first-order valence-electron chi connectivity index (χ1n) is 3.44. The second kappa shape index (κ2) is 3.52. The highest BCUT2D eigenvalue weighted by molar-refractivity contribution is 5.19. The summed E-state index contributed by atoms with van der Waals surface area (Å²) in [5.74, 6) is 0. The fourth-order valence-electron chi connectivity index (χ4n) is 1.13. The summed E-state index contributed by atoms with van der Waals surface area (Å²) in [5.41, 5.74) is 7.18. The van der Waals surface area contributed by atoms with Gasteiger partial charge in [-0.05, 0) is 6.08 Å². The predicted molar refractivity (Wildman–Crippen MR) is 43.1 cm³/mol. The van der Waals surface area contributed by atoms with Crippen LogP contribution in [0.2, 0.25) is 0 Å². The Morgan fingerprint density at radius 2 is 2.45 bits per heavy atom. The predicted octanol–water partition coefficient (Wildman–Crippen LogP) is 0.0951. The third-order valence-electron chi connectivity index (χ3n) is 1.67. The van der Waals surface area contributed by atoms with Crippen LogP contribution in [0.3, 0.4) is 0 Å². The number of hydrogen-bond acceptors (Lipinski definition) is 4. The molecule has 62 valence electrons. The summed E-state index contributed by atoms with van der Waals surface area (Å²) in [5, 5.41) is 0. The molecule has 4 nitrogen and oxygen atoms in total. The molecule has 0 spiro atoms. The quantitative estimate of drug-likeness (QED) is 0.464.